The molecule has 1 saturated heterocycles. The number of aliphatic imine (C=N–C) groups is 1. The maximum absolute atomic E-state index is 4.35. The van der Waals surface area contributed by atoms with E-state index in [-0.39, 0.29) is 28.7 Å². The van der Waals surface area contributed by atoms with Gasteiger partial charge in [0.25, 0.3) is 0 Å². The van der Waals surface area contributed by atoms with Gasteiger partial charge in [-0.05, 0) is 46.8 Å². The standard InChI is InChI=1S/C15H32N4S.HI/c1-12(2)19-9-7-13(8-10-19)18-14(16-5)17-11-15(3,4)20-6;/h12-13H,7-11H2,1-6H3,(H2,16,17,18);1H. The van der Waals surface area contributed by atoms with Gasteiger partial charge in [0.2, 0.25) is 0 Å². The van der Waals surface area contributed by atoms with E-state index >= 15 is 0 Å². The molecule has 4 nitrogen and oxygen atoms in total. The van der Waals surface area contributed by atoms with Crippen molar-refractivity contribution in [2.45, 2.75) is 57.4 Å². The Morgan fingerprint density at radius 3 is 2.33 bits per heavy atom. The molecule has 6 heteroatoms. The monoisotopic (exact) mass is 428 g/mol. The van der Waals surface area contributed by atoms with E-state index in [9.17, 15) is 0 Å². The first-order valence-corrected chi connectivity index (χ1v) is 8.87. The van der Waals surface area contributed by atoms with E-state index in [1.54, 1.807) is 0 Å². The maximum Gasteiger partial charge on any atom is 0.191 e. The van der Waals surface area contributed by atoms with Crippen molar-refractivity contribution in [3.63, 3.8) is 0 Å². The number of hydrogen-bond acceptors (Lipinski definition) is 3. The molecule has 0 aliphatic carbocycles. The molecule has 0 unspecified atom stereocenters. The second-order valence-corrected chi connectivity index (χ2v) is 7.95. The van der Waals surface area contributed by atoms with Crippen LogP contribution >= 0.6 is 35.7 Å². The molecule has 1 rings (SSSR count). The first-order chi connectivity index (χ1) is 9.38. The predicted octanol–water partition coefficient (Wildman–Crippen LogP) is 2.78. The highest BCUT2D eigenvalue weighted by Crippen LogP contribution is 2.19. The number of rotatable bonds is 5. The van der Waals surface area contributed by atoms with Gasteiger partial charge in [-0.15, -0.1) is 24.0 Å². The maximum atomic E-state index is 4.35. The molecule has 1 aliphatic heterocycles. The molecule has 0 aromatic carbocycles. The number of guanidine groups is 1. The van der Waals surface area contributed by atoms with Crippen LogP contribution in [0.5, 0.6) is 0 Å². The van der Waals surface area contributed by atoms with Crippen LogP contribution in [-0.4, -0.2) is 60.6 Å². The number of likely N-dealkylation sites (tertiary alicyclic amines) is 1. The Balaban J connectivity index is 0.00000400. The Morgan fingerprint density at radius 1 is 1.33 bits per heavy atom. The highest BCUT2D eigenvalue weighted by atomic mass is 127. The highest BCUT2D eigenvalue weighted by molar-refractivity contribution is 14.0. The van der Waals surface area contributed by atoms with E-state index in [2.05, 4.69) is 54.5 Å². The highest BCUT2D eigenvalue weighted by Gasteiger charge is 2.22. The Morgan fingerprint density at radius 2 is 1.90 bits per heavy atom. The lowest BCUT2D eigenvalue weighted by Crippen LogP contribution is -2.51. The third-order valence-corrected chi connectivity index (χ3v) is 5.31. The van der Waals surface area contributed by atoms with Gasteiger partial charge in [-0.3, -0.25) is 4.99 Å². The lowest BCUT2D eigenvalue weighted by Gasteiger charge is -2.35. The summed E-state index contributed by atoms with van der Waals surface area (Å²) in [4.78, 5) is 6.89. The van der Waals surface area contributed by atoms with Gasteiger partial charge in [0.15, 0.2) is 5.96 Å². The zero-order chi connectivity index (χ0) is 15.2. The fourth-order valence-electron chi connectivity index (χ4n) is 2.32. The van der Waals surface area contributed by atoms with Crippen LogP contribution in [0.1, 0.15) is 40.5 Å². The van der Waals surface area contributed by atoms with Gasteiger partial charge in [-0.25, -0.2) is 0 Å². The van der Waals surface area contributed by atoms with E-state index in [4.69, 9.17) is 0 Å². The molecule has 1 fully saturated rings. The lowest BCUT2D eigenvalue weighted by atomic mass is 10.0. The molecule has 0 atom stereocenters. The molecule has 1 heterocycles. The van der Waals surface area contributed by atoms with E-state index in [0.29, 0.717) is 12.1 Å². The summed E-state index contributed by atoms with van der Waals surface area (Å²) in [7, 11) is 1.85. The van der Waals surface area contributed by atoms with Crippen molar-refractivity contribution >= 4 is 41.7 Å². The first-order valence-electron chi connectivity index (χ1n) is 7.64. The SMILES string of the molecule is CN=C(NCC(C)(C)SC)NC1CCN(C(C)C)CC1.I. The van der Waals surface area contributed by atoms with Crippen molar-refractivity contribution in [1.29, 1.82) is 0 Å². The minimum absolute atomic E-state index is 0. The number of thioether (sulfide) groups is 1. The van der Waals surface area contributed by atoms with Crippen LogP contribution in [0.3, 0.4) is 0 Å². The average molecular weight is 428 g/mol. The predicted molar refractivity (Wildman–Crippen MR) is 107 cm³/mol. The Bertz CT molecular complexity index is 313. The Labute approximate surface area is 152 Å². The fraction of sp³-hybridized carbons (Fsp3) is 0.933. The summed E-state index contributed by atoms with van der Waals surface area (Å²) < 4.78 is 0.235. The first kappa shape index (κ1) is 21.3. The molecule has 0 amide bonds. The number of nitrogens with zero attached hydrogens (tertiary/aromatic N) is 2. The van der Waals surface area contributed by atoms with Crippen molar-refractivity contribution in [3.05, 3.63) is 0 Å². The molecule has 21 heavy (non-hydrogen) atoms. The number of nitrogens with one attached hydrogen (secondary N) is 2. The summed E-state index contributed by atoms with van der Waals surface area (Å²) >= 11 is 1.88. The van der Waals surface area contributed by atoms with Gasteiger partial charge in [-0.2, -0.15) is 11.8 Å². The van der Waals surface area contributed by atoms with Gasteiger partial charge >= 0.3 is 0 Å². The zero-order valence-electron chi connectivity index (χ0n) is 14.4. The molecular weight excluding hydrogens is 395 g/mol. The van der Waals surface area contributed by atoms with Crippen LogP contribution in [0.2, 0.25) is 0 Å². The third-order valence-electron chi connectivity index (χ3n) is 4.06. The summed E-state index contributed by atoms with van der Waals surface area (Å²) in [6.45, 7) is 12.3. The minimum Gasteiger partial charge on any atom is -0.355 e. The topological polar surface area (TPSA) is 39.7 Å². The van der Waals surface area contributed by atoms with Crippen molar-refractivity contribution in [3.8, 4) is 0 Å². The van der Waals surface area contributed by atoms with Crippen molar-refractivity contribution in [1.82, 2.24) is 15.5 Å². The third kappa shape index (κ3) is 7.93. The smallest absolute Gasteiger partial charge is 0.191 e. The lowest BCUT2D eigenvalue weighted by molar-refractivity contribution is 0.167. The van der Waals surface area contributed by atoms with Gasteiger partial charge in [0.1, 0.15) is 0 Å². The molecule has 126 valence electrons. The van der Waals surface area contributed by atoms with Crippen LogP contribution in [0.4, 0.5) is 0 Å². The Kier molecular flexibility index (Phi) is 10.3. The molecule has 0 radical (unpaired) electrons. The normalized spacial score (nSPS) is 18.5. The van der Waals surface area contributed by atoms with Gasteiger partial charge < -0.3 is 15.5 Å². The molecular formula is C15H33IN4S. The second kappa shape index (κ2) is 10.2. The van der Waals surface area contributed by atoms with Gasteiger partial charge in [-0.1, -0.05) is 0 Å². The molecule has 0 bridgehead atoms. The summed E-state index contributed by atoms with van der Waals surface area (Å²) in [6, 6.07) is 1.21. The number of halogens is 1. The quantitative estimate of drug-likeness (QED) is 0.402. The summed E-state index contributed by atoms with van der Waals surface area (Å²) in [5, 5.41) is 7.01. The largest absolute Gasteiger partial charge is 0.355 e. The Hall–Kier alpha value is 0.310. The van der Waals surface area contributed by atoms with Crippen LogP contribution in [-0.2, 0) is 0 Å². The van der Waals surface area contributed by atoms with Crippen LogP contribution in [0.25, 0.3) is 0 Å². The number of piperidine rings is 1. The zero-order valence-corrected chi connectivity index (χ0v) is 17.5. The van der Waals surface area contributed by atoms with Crippen molar-refractivity contribution in [2.75, 3.05) is 32.9 Å². The van der Waals surface area contributed by atoms with E-state index in [0.717, 1.165) is 12.5 Å². The van der Waals surface area contributed by atoms with Gasteiger partial charge in [0.05, 0.1) is 0 Å². The fourth-order valence-corrected chi connectivity index (χ4v) is 2.53. The molecule has 2 N–H and O–H groups in total. The summed E-state index contributed by atoms with van der Waals surface area (Å²) in [5.74, 6) is 0.940. The minimum atomic E-state index is 0. The van der Waals surface area contributed by atoms with Gasteiger partial charge in [0, 0.05) is 43.5 Å². The number of hydrogen-bond donors (Lipinski definition) is 2. The molecule has 1 aliphatic rings. The molecule has 0 spiro atoms. The summed E-state index contributed by atoms with van der Waals surface area (Å²) in [5.41, 5.74) is 0. The molecule has 0 aromatic heterocycles. The summed E-state index contributed by atoms with van der Waals surface area (Å²) in [6.07, 6.45) is 4.55. The molecule has 0 saturated carbocycles. The van der Waals surface area contributed by atoms with Crippen molar-refractivity contribution < 1.29 is 0 Å². The molecule has 0 aromatic rings. The average Bonchev–Trinajstić information content (AvgIpc) is 2.44. The van der Waals surface area contributed by atoms with E-state index < -0.39 is 0 Å². The van der Waals surface area contributed by atoms with Crippen LogP contribution in [0.15, 0.2) is 4.99 Å². The van der Waals surface area contributed by atoms with Crippen LogP contribution in [0, 0.1) is 0 Å². The van der Waals surface area contributed by atoms with E-state index in [1.165, 1.54) is 25.9 Å². The second-order valence-electron chi connectivity index (χ2n) is 6.44. The van der Waals surface area contributed by atoms with Crippen molar-refractivity contribution in [2.24, 2.45) is 4.99 Å². The van der Waals surface area contributed by atoms with Crippen LogP contribution < -0.4 is 10.6 Å². The van der Waals surface area contributed by atoms with E-state index in [1.807, 2.05) is 18.8 Å².